The summed E-state index contributed by atoms with van der Waals surface area (Å²) in [5.41, 5.74) is 13.1. The number of nitrogens with zero attached hydrogens (tertiary/aromatic N) is 3. The third kappa shape index (κ3) is 5.97. The molecule has 0 saturated carbocycles. The summed E-state index contributed by atoms with van der Waals surface area (Å²) in [5.74, 6) is 4.45. The molecule has 296 valence electrons. The van der Waals surface area contributed by atoms with E-state index in [1.165, 1.54) is 16.7 Å². The van der Waals surface area contributed by atoms with Crippen LogP contribution in [0.3, 0.4) is 0 Å². The molecule has 63 heavy (non-hydrogen) atoms. The number of ether oxygens (including phenoxy) is 2. The molecule has 0 amide bonds. The van der Waals surface area contributed by atoms with Gasteiger partial charge >= 0.3 is 0 Å². The monoisotopic (exact) mass is 807 g/mol. The molecule has 0 radical (unpaired) electrons. The molecule has 9 aromatic carbocycles. The molecule has 2 aliphatic rings. The van der Waals surface area contributed by atoms with Crippen LogP contribution in [0.1, 0.15) is 22.3 Å². The van der Waals surface area contributed by atoms with E-state index in [2.05, 4.69) is 164 Å². The molecule has 5 nitrogen and oxygen atoms in total. The van der Waals surface area contributed by atoms with Crippen molar-refractivity contribution in [3.63, 3.8) is 0 Å². The standard InChI is InChI=1S/C58H37N3O2/c1-5-19-38(20-6-1)43-27-13-15-29-45(43)56-59-55(39-21-7-2-8-22-39)60-57(61-56)46-30-16-14-28-44(46)40-33-35-50-52(37-40)63-54-51(62-50)36-34-49-53(54)47-31-17-18-32-48(47)58(49,41-23-9-3-10-24-41)42-25-11-4-12-26-42/h1-37H. The number of benzene rings is 9. The second kappa shape index (κ2) is 14.9. The maximum atomic E-state index is 7.09. The minimum atomic E-state index is -0.558. The van der Waals surface area contributed by atoms with Crippen molar-refractivity contribution in [1.29, 1.82) is 0 Å². The van der Waals surface area contributed by atoms with Crippen LogP contribution in [0.25, 0.3) is 67.5 Å². The van der Waals surface area contributed by atoms with Crippen LogP contribution >= 0.6 is 0 Å². The molecular formula is C58H37N3O2. The van der Waals surface area contributed by atoms with Crippen molar-refractivity contribution in [2.24, 2.45) is 0 Å². The van der Waals surface area contributed by atoms with Gasteiger partial charge in [-0.05, 0) is 68.3 Å². The first-order chi connectivity index (χ1) is 31.2. The van der Waals surface area contributed by atoms with Gasteiger partial charge in [-0.15, -0.1) is 0 Å². The maximum absolute atomic E-state index is 7.09. The van der Waals surface area contributed by atoms with E-state index in [0.29, 0.717) is 40.5 Å². The van der Waals surface area contributed by atoms with Gasteiger partial charge in [0, 0.05) is 22.3 Å². The van der Waals surface area contributed by atoms with Crippen LogP contribution in [0.2, 0.25) is 0 Å². The van der Waals surface area contributed by atoms with Gasteiger partial charge in [0.25, 0.3) is 0 Å². The summed E-state index contributed by atoms with van der Waals surface area (Å²) in [6.45, 7) is 0. The second-order valence-electron chi connectivity index (χ2n) is 15.8. The predicted octanol–water partition coefficient (Wildman–Crippen LogP) is 14.5. The van der Waals surface area contributed by atoms with E-state index >= 15 is 0 Å². The first-order valence-electron chi connectivity index (χ1n) is 21.2. The van der Waals surface area contributed by atoms with Gasteiger partial charge in [-0.3, -0.25) is 0 Å². The summed E-state index contributed by atoms with van der Waals surface area (Å²) in [6, 6.07) is 77.7. The molecule has 0 saturated heterocycles. The lowest BCUT2D eigenvalue weighted by atomic mass is 9.68. The number of fused-ring (bicyclic) bond motifs is 6. The van der Waals surface area contributed by atoms with Gasteiger partial charge in [0.1, 0.15) is 0 Å². The first-order valence-corrected chi connectivity index (χ1v) is 21.2. The van der Waals surface area contributed by atoms with Crippen molar-refractivity contribution < 1.29 is 9.47 Å². The molecule has 1 aliphatic heterocycles. The Labute approximate surface area is 365 Å². The fraction of sp³-hybridized carbons (Fsp3) is 0.0172. The molecule has 1 aromatic heterocycles. The Hall–Kier alpha value is -8.41. The molecule has 0 spiro atoms. The largest absolute Gasteiger partial charge is 0.449 e. The van der Waals surface area contributed by atoms with Gasteiger partial charge in [-0.25, -0.2) is 15.0 Å². The van der Waals surface area contributed by atoms with E-state index in [0.717, 1.165) is 55.6 Å². The highest BCUT2D eigenvalue weighted by molar-refractivity contribution is 5.92. The summed E-state index contributed by atoms with van der Waals surface area (Å²) in [7, 11) is 0. The summed E-state index contributed by atoms with van der Waals surface area (Å²) in [5, 5.41) is 0. The summed E-state index contributed by atoms with van der Waals surface area (Å²) < 4.78 is 13.8. The van der Waals surface area contributed by atoms with Crippen LogP contribution in [0.5, 0.6) is 23.0 Å². The smallest absolute Gasteiger partial charge is 0.178 e. The van der Waals surface area contributed by atoms with Gasteiger partial charge in [-0.2, -0.15) is 0 Å². The molecule has 1 aliphatic carbocycles. The zero-order valence-corrected chi connectivity index (χ0v) is 34.0. The highest BCUT2D eigenvalue weighted by Crippen LogP contribution is 2.62. The Kier molecular flexibility index (Phi) is 8.64. The van der Waals surface area contributed by atoms with Gasteiger partial charge in [0.15, 0.2) is 40.5 Å². The zero-order valence-electron chi connectivity index (χ0n) is 34.0. The van der Waals surface area contributed by atoms with Crippen LogP contribution < -0.4 is 9.47 Å². The SMILES string of the molecule is c1ccc(-c2nc(-c3ccccc3-c3ccccc3)nc(-c3ccccc3-c3ccc4c(c3)Oc3c(ccc5c3-c3ccccc3C5(c3ccccc3)c3ccccc3)O4)n2)cc1. The summed E-state index contributed by atoms with van der Waals surface area (Å²) in [6.07, 6.45) is 0. The van der Waals surface area contributed by atoms with Crippen molar-refractivity contribution in [2.45, 2.75) is 5.41 Å². The van der Waals surface area contributed by atoms with Gasteiger partial charge < -0.3 is 9.47 Å². The van der Waals surface area contributed by atoms with Crippen molar-refractivity contribution >= 4 is 0 Å². The van der Waals surface area contributed by atoms with Crippen LogP contribution in [-0.2, 0) is 5.41 Å². The first kappa shape index (κ1) is 36.4. The molecule has 0 N–H and O–H groups in total. The van der Waals surface area contributed by atoms with Crippen LogP contribution in [-0.4, -0.2) is 15.0 Å². The fourth-order valence-corrected chi connectivity index (χ4v) is 9.54. The minimum absolute atomic E-state index is 0.558. The Morgan fingerprint density at radius 1 is 0.302 bits per heavy atom. The lowest BCUT2D eigenvalue weighted by Crippen LogP contribution is -2.28. The molecule has 0 atom stereocenters. The quantitative estimate of drug-likeness (QED) is 0.161. The number of hydrogen-bond acceptors (Lipinski definition) is 5. The highest BCUT2D eigenvalue weighted by atomic mass is 16.6. The van der Waals surface area contributed by atoms with Crippen molar-refractivity contribution in [3.8, 4) is 90.5 Å². The topological polar surface area (TPSA) is 57.1 Å². The van der Waals surface area contributed by atoms with Crippen molar-refractivity contribution in [3.05, 3.63) is 247 Å². The Balaban J connectivity index is 0.993. The molecular weight excluding hydrogens is 771 g/mol. The lowest BCUT2D eigenvalue weighted by Gasteiger charge is -2.34. The fourth-order valence-electron chi connectivity index (χ4n) is 9.54. The molecule has 12 rings (SSSR count). The zero-order chi connectivity index (χ0) is 41.7. The minimum Gasteiger partial charge on any atom is -0.449 e. The van der Waals surface area contributed by atoms with E-state index in [1.807, 2.05) is 60.7 Å². The Morgan fingerprint density at radius 3 is 1.40 bits per heavy atom. The number of rotatable bonds is 7. The summed E-state index contributed by atoms with van der Waals surface area (Å²) >= 11 is 0. The third-order valence-corrected chi connectivity index (χ3v) is 12.3. The van der Waals surface area contributed by atoms with Gasteiger partial charge in [0.05, 0.1) is 5.41 Å². The van der Waals surface area contributed by atoms with Crippen molar-refractivity contribution in [2.75, 3.05) is 0 Å². The maximum Gasteiger partial charge on any atom is 0.178 e. The Morgan fingerprint density at radius 2 is 0.778 bits per heavy atom. The van der Waals surface area contributed by atoms with E-state index < -0.39 is 5.41 Å². The van der Waals surface area contributed by atoms with Gasteiger partial charge in [0.2, 0.25) is 0 Å². The summed E-state index contributed by atoms with van der Waals surface area (Å²) in [4.78, 5) is 15.5. The van der Waals surface area contributed by atoms with E-state index in [4.69, 9.17) is 24.4 Å². The molecule has 0 bridgehead atoms. The van der Waals surface area contributed by atoms with Crippen LogP contribution in [0.4, 0.5) is 0 Å². The predicted molar refractivity (Wildman–Crippen MR) is 251 cm³/mol. The molecule has 2 heterocycles. The average molecular weight is 808 g/mol. The second-order valence-corrected chi connectivity index (χ2v) is 15.8. The van der Waals surface area contributed by atoms with E-state index in [9.17, 15) is 0 Å². The van der Waals surface area contributed by atoms with Crippen LogP contribution in [0.15, 0.2) is 224 Å². The molecule has 5 heteroatoms. The van der Waals surface area contributed by atoms with Gasteiger partial charge in [-0.1, -0.05) is 206 Å². The molecule has 0 fully saturated rings. The van der Waals surface area contributed by atoms with E-state index in [-0.39, 0.29) is 0 Å². The highest BCUT2D eigenvalue weighted by Gasteiger charge is 2.48. The average Bonchev–Trinajstić information content (AvgIpc) is 3.68. The normalized spacial score (nSPS) is 12.8. The van der Waals surface area contributed by atoms with Crippen LogP contribution in [0, 0.1) is 0 Å². The number of hydrogen-bond donors (Lipinski definition) is 0. The number of aromatic nitrogens is 3. The lowest BCUT2D eigenvalue weighted by molar-refractivity contribution is 0.360. The molecule has 10 aromatic rings. The van der Waals surface area contributed by atoms with Crippen molar-refractivity contribution in [1.82, 2.24) is 15.0 Å². The Bertz CT molecular complexity index is 3300. The third-order valence-electron chi connectivity index (χ3n) is 12.3. The van der Waals surface area contributed by atoms with E-state index in [1.54, 1.807) is 0 Å². The molecule has 0 unspecified atom stereocenters.